The van der Waals surface area contributed by atoms with Crippen molar-refractivity contribution in [1.82, 2.24) is 14.5 Å². The molecule has 230 valence electrons. The van der Waals surface area contributed by atoms with Crippen LogP contribution in [0.2, 0.25) is 0 Å². The average Bonchev–Trinajstić information content (AvgIpc) is 2.92. The van der Waals surface area contributed by atoms with Crippen molar-refractivity contribution in [3.63, 3.8) is 0 Å². The van der Waals surface area contributed by atoms with Gasteiger partial charge in [0.15, 0.2) is 17.2 Å². The lowest BCUT2D eigenvalue weighted by Crippen LogP contribution is -2.33. The van der Waals surface area contributed by atoms with Crippen LogP contribution in [0.3, 0.4) is 0 Å². The fraction of sp³-hybridized carbons (Fsp3) is 0.333. The van der Waals surface area contributed by atoms with Crippen LogP contribution in [0.4, 0.5) is 16.6 Å². The third kappa shape index (κ3) is 7.03. The standard InChI is InChI=1S/C33H37N5O6/c1-32(2,3)18-33(4,5)38-17-26(44-31(40)41)27(39)23-11-9-19(14-24(23)38)8-10-21-12-20(15-25(42-6)28(21)43-7)13-22-16-36-30(35)37-29(22)34/h9,11-12,14-17H,13,18H2,1-7H3,(H,40,41)(H4,34,35,36,37). The molecule has 0 amide bonds. The fourth-order valence-corrected chi connectivity index (χ4v) is 5.58. The van der Waals surface area contributed by atoms with E-state index in [1.165, 1.54) is 13.3 Å². The van der Waals surface area contributed by atoms with Crippen molar-refractivity contribution in [2.75, 3.05) is 25.7 Å². The summed E-state index contributed by atoms with van der Waals surface area (Å²) < 4.78 is 18.0. The normalized spacial score (nSPS) is 11.5. The van der Waals surface area contributed by atoms with E-state index in [1.54, 1.807) is 25.4 Å². The summed E-state index contributed by atoms with van der Waals surface area (Å²) in [6.45, 7) is 10.4. The highest BCUT2D eigenvalue weighted by Gasteiger charge is 2.29. The van der Waals surface area contributed by atoms with E-state index in [0.717, 1.165) is 12.0 Å². The Morgan fingerprint density at radius 3 is 2.36 bits per heavy atom. The van der Waals surface area contributed by atoms with Crippen molar-refractivity contribution < 1.29 is 24.1 Å². The monoisotopic (exact) mass is 599 g/mol. The Kier molecular flexibility index (Phi) is 8.76. The molecule has 0 aliphatic rings. The summed E-state index contributed by atoms with van der Waals surface area (Å²) in [5.41, 5.74) is 14.0. The highest BCUT2D eigenvalue weighted by Crippen LogP contribution is 2.36. The summed E-state index contributed by atoms with van der Waals surface area (Å²) in [7, 11) is 3.08. The third-order valence-electron chi connectivity index (χ3n) is 6.98. The van der Waals surface area contributed by atoms with Gasteiger partial charge in [-0.2, -0.15) is 4.98 Å². The van der Waals surface area contributed by atoms with E-state index < -0.39 is 17.1 Å². The zero-order valence-electron chi connectivity index (χ0n) is 25.9. The molecule has 44 heavy (non-hydrogen) atoms. The number of carbonyl (C=O) groups is 1. The predicted molar refractivity (Wildman–Crippen MR) is 169 cm³/mol. The number of nitrogen functional groups attached to an aromatic ring is 2. The second-order valence-corrected chi connectivity index (χ2v) is 12.3. The number of hydrogen-bond donors (Lipinski definition) is 3. The summed E-state index contributed by atoms with van der Waals surface area (Å²) in [5.74, 6) is 7.46. The molecule has 0 saturated heterocycles. The molecule has 2 heterocycles. The van der Waals surface area contributed by atoms with Crippen LogP contribution in [0.15, 0.2) is 47.5 Å². The van der Waals surface area contributed by atoms with Crippen molar-refractivity contribution in [1.29, 1.82) is 0 Å². The molecular weight excluding hydrogens is 562 g/mol. The number of pyridine rings is 1. The number of anilines is 2. The van der Waals surface area contributed by atoms with E-state index in [9.17, 15) is 14.7 Å². The number of benzene rings is 2. The minimum atomic E-state index is -1.55. The molecule has 11 nitrogen and oxygen atoms in total. The maximum Gasteiger partial charge on any atom is 0.511 e. The van der Waals surface area contributed by atoms with Gasteiger partial charge >= 0.3 is 6.16 Å². The van der Waals surface area contributed by atoms with Crippen LogP contribution in [-0.2, 0) is 12.0 Å². The number of ether oxygens (including phenoxy) is 3. The van der Waals surface area contributed by atoms with E-state index in [0.29, 0.717) is 45.5 Å². The van der Waals surface area contributed by atoms with E-state index in [2.05, 4.69) is 42.6 Å². The number of nitrogens with zero attached hydrogens (tertiary/aromatic N) is 3. The Bertz CT molecular complexity index is 1860. The first-order chi connectivity index (χ1) is 20.6. The first-order valence-electron chi connectivity index (χ1n) is 13.9. The van der Waals surface area contributed by atoms with Gasteiger partial charge < -0.3 is 35.4 Å². The van der Waals surface area contributed by atoms with E-state index in [1.807, 2.05) is 36.6 Å². The van der Waals surface area contributed by atoms with Crippen LogP contribution in [0.1, 0.15) is 63.3 Å². The van der Waals surface area contributed by atoms with Gasteiger partial charge in [-0.1, -0.05) is 32.6 Å². The Hall–Kier alpha value is -5.24. The first kappa shape index (κ1) is 31.7. The van der Waals surface area contributed by atoms with Crippen LogP contribution >= 0.6 is 0 Å². The molecule has 2 aromatic carbocycles. The highest BCUT2D eigenvalue weighted by atomic mass is 16.7. The Morgan fingerprint density at radius 2 is 1.75 bits per heavy atom. The summed E-state index contributed by atoms with van der Waals surface area (Å²) in [6.07, 6.45) is 2.64. The summed E-state index contributed by atoms with van der Waals surface area (Å²) in [5, 5.41) is 9.57. The van der Waals surface area contributed by atoms with Gasteiger partial charge in [0.1, 0.15) is 5.82 Å². The van der Waals surface area contributed by atoms with Crippen LogP contribution in [0.5, 0.6) is 17.2 Å². The molecule has 0 spiro atoms. The summed E-state index contributed by atoms with van der Waals surface area (Å²) in [4.78, 5) is 32.6. The number of rotatable bonds is 7. The number of aromatic nitrogens is 3. The Balaban J connectivity index is 1.86. The van der Waals surface area contributed by atoms with Crippen molar-refractivity contribution in [3.8, 4) is 29.1 Å². The maximum atomic E-state index is 13.2. The largest absolute Gasteiger partial charge is 0.511 e. The van der Waals surface area contributed by atoms with Crippen LogP contribution in [-0.4, -0.2) is 40.0 Å². The van der Waals surface area contributed by atoms with Gasteiger partial charge in [0, 0.05) is 34.7 Å². The minimum absolute atomic E-state index is 0.0615. The third-order valence-corrected chi connectivity index (χ3v) is 6.98. The highest BCUT2D eigenvalue weighted by molar-refractivity contribution is 5.83. The number of carboxylic acid groups (broad SMARTS) is 1. The molecule has 0 unspecified atom stereocenters. The molecule has 0 saturated carbocycles. The fourth-order valence-electron chi connectivity index (χ4n) is 5.58. The van der Waals surface area contributed by atoms with Gasteiger partial charge in [-0.15, -0.1) is 0 Å². The maximum absolute atomic E-state index is 13.2. The van der Waals surface area contributed by atoms with Gasteiger partial charge in [-0.05, 0) is 61.6 Å². The van der Waals surface area contributed by atoms with Gasteiger partial charge in [0.2, 0.25) is 11.4 Å². The van der Waals surface area contributed by atoms with Gasteiger partial charge in [-0.3, -0.25) is 4.79 Å². The van der Waals surface area contributed by atoms with Crippen molar-refractivity contribution in [2.45, 2.75) is 53.0 Å². The lowest BCUT2D eigenvalue weighted by atomic mass is 9.81. The Labute approximate surface area is 255 Å². The second kappa shape index (κ2) is 12.2. The molecule has 4 aromatic rings. The quantitative estimate of drug-likeness (QED) is 0.190. The minimum Gasteiger partial charge on any atom is -0.493 e. The number of nitrogens with two attached hydrogens (primary N) is 2. The molecule has 2 aromatic heterocycles. The lowest BCUT2D eigenvalue weighted by Gasteiger charge is -2.36. The zero-order chi connectivity index (χ0) is 32.4. The van der Waals surface area contributed by atoms with Crippen LogP contribution in [0.25, 0.3) is 10.9 Å². The molecule has 0 atom stereocenters. The van der Waals surface area contributed by atoms with Gasteiger partial charge in [0.05, 0.1) is 31.5 Å². The number of hydrogen-bond acceptors (Lipinski definition) is 9. The summed E-state index contributed by atoms with van der Waals surface area (Å²) in [6, 6.07) is 8.88. The molecule has 4 rings (SSSR count). The number of methoxy groups -OCH3 is 2. The topological polar surface area (TPSA) is 165 Å². The average molecular weight is 600 g/mol. The molecular formula is C33H37N5O6. The molecule has 0 bridgehead atoms. The van der Waals surface area contributed by atoms with Crippen LogP contribution in [0, 0.1) is 17.3 Å². The van der Waals surface area contributed by atoms with Crippen molar-refractivity contribution >= 4 is 28.8 Å². The molecule has 0 radical (unpaired) electrons. The molecule has 0 fully saturated rings. The van der Waals surface area contributed by atoms with Crippen molar-refractivity contribution in [2.24, 2.45) is 5.41 Å². The Morgan fingerprint density at radius 1 is 1.02 bits per heavy atom. The smallest absolute Gasteiger partial charge is 0.493 e. The van der Waals surface area contributed by atoms with E-state index in [-0.39, 0.29) is 22.9 Å². The molecule has 5 N–H and O–H groups in total. The van der Waals surface area contributed by atoms with Crippen molar-refractivity contribution in [3.05, 3.63) is 75.2 Å². The van der Waals surface area contributed by atoms with Gasteiger partial charge in [-0.25, -0.2) is 9.78 Å². The van der Waals surface area contributed by atoms with Crippen LogP contribution < -0.4 is 31.1 Å². The zero-order valence-corrected chi connectivity index (χ0v) is 25.9. The molecule has 11 heteroatoms. The van der Waals surface area contributed by atoms with E-state index >= 15 is 0 Å². The number of fused-ring (bicyclic) bond motifs is 1. The lowest BCUT2D eigenvalue weighted by molar-refractivity contribution is 0.143. The van der Waals surface area contributed by atoms with Gasteiger partial charge in [0.25, 0.3) is 0 Å². The second-order valence-electron chi connectivity index (χ2n) is 12.3. The summed E-state index contributed by atoms with van der Waals surface area (Å²) >= 11 is 0. The SMILES string of the molecule is COc1cc(Cc2cnc(N)nc2N)cc(C#Cc2ccc3c(=O)c(OC(=O)O)cn(C(C)(C)CC(C)(C)C)c3c2)c1OC. The molecule has 0 aliphatic heterocycles. The molecule has 0 aliphatic carbocycles. The predicted octanol–water partition coefficient (Wildman–Crippen LogP) is 5.19. The van der Waals surface area contributed by atoms with E-state index in [4.69, 9.17) is 25.7 Å². The first-order valence-corrected chi connectivity index (χ1v) is 13.9.